The maximum Gasteiger partial charge on any atom is 0.291 e. The predicted molar refractivity (Wildman–Crippen MR) is 80.2 cm³/mol. The molecule has 0 bridgehead atoms. The van der Waals surface area contributed by atoms with Gasteiger partial charge in [-0.2, -0.15) is 0 Å². The van der Waals surface area contributed by atoms with Crippen molar-refractivity contribution in [1.29, 1.82) is 0 Å². The predicted octanol–water partition coefficient (Wildman–Crippen LogP) is 2.40. The number of hydrogen-bond donors (Lipinski definition) is 2. The lowest BCUT2D eigenvalue weighted by molar-refractivity contribution is -0.0918. The van der Waals surface area contributed by atoms with Gasteiger partial charge in [0.2, 0.25) is 5.82 Å². The third kappa shape index (κ3) is 3.61. The van der Waals surface area contributed by atoms with Crippen molar-refractivity contribution >= 4 is 5.91 Å². The van der Waals surface area contributed by atoms with Crippen LogP contribution in [0.1, 0.15) is 75.7 Å². The normalized spacial score (nSPS) is 21.5. The largest absolute Gasteiger partial charge is 0.375 e. The summed E-state index contributed by atoms with van der Waals surface area (Å²) in [5.74, 6) is 0.994. The second-order valence-electron chi connectivity index (χ2n) is 6.10. The number of nitrogens with one attached hydrogen (secondary N) is 2. The van der Waals surface area contributed by atoms with E-state index in [9.17, 15) is 4.79 Å². The quantitative estimate of drug-likeness (QED) is 0.874. The molecule has 0 aliphatic carbocycles. The summed E-state index contributed by atoms with van der Waals surface area (Å²) in [5.41, 5.74) is -0.0989. The Bertz CT molecular complexity index is 480. The minimum Gasteiger partial charge on any atom is -0.375 e. The molecule has 6 nitrogen and oxygen atoms in total. The summed E-state index contributed by atoms with van der Waals surface area (Å²) in [6, 6.07) is 0.132. The van der Waals surface area contributed by atoms with Crippen molar-refractivity contribution < 1.29 is 9.53 Å². The first kappa shape index (κ1) is 15.9. The van der Waals surface area contributed by atoms with E-state index in [1.807, 2.05) is 13.8 Å². The summed E-state index contributed by atoms with van der Waals surface area (Å²) >= 11 is 0. The number of hydrogen-bond acceptors (Lipinski definition) is 4. The molecule has 21 heavy (non-hydrogen) atoms. The van der Waals surface area contributed by atoms with E-state index < -0.39 is 0 Å². The van der Waals surface area contributed by atoms with E-state index in [1.165, 1.54) is 0 Å². The van der Waals surface area contributed by atoms with Gasteiger partial charge in [0.1, 0.15) is 5.82 Å². The molecule has 0 aromatic carbocycles. The van der Waals surface area contributed by atoms with Crippen molar-refractivity contribution in [2.24, 2.45) is 0 Å². The van der Waals surface area contributed by atoms with Crippen LogP contribution in [0.3, 0.4) is 0 Å². The Labute approximate surface area is 126 Å². The van der Waals surface area contributed by atoms with Crippen molar-refractivity contribution in [1.82, 2.24) is 20.5 Å². The lowest BCUT2D eigenvalue weighted by atomic mass is 9.86. The van der Waals surface area contributed by atoms with Gasteiger partial charge in [0, 0.05) is 18.6 Å². The molecule has 118 valence electrons. The summed E-state index contributed by atoms with van der Waals surface area (Å²) in [6.45, 7) is 8.99. The number of rotatable bonds is 5. The Morgan fingerprint density at radius 1 is 1.48 bits per heavy atom. The SMILES string of the molecule is CCC1(CC)CC(NC(=O)c2n[nH]c(C(C)C)n2)CCO1. The van der Waals surface area contributed by atoms with Crippen LogP contribution in [0.2, 0.25) is 0 Å². The number of carbonyl (C=O) groups excluding carboxylic acids is 1. The molecule has 1 fully saturated rings. The van der Waals surface area contributed by atoms with Crippen molar-refractivity contribution in [3.05, 3.63) is 11.6 Å². The lowest BCUT2D eigenvalue weighted by Gasteiger charge is -2.40. The molecule has 1 unspecified atom stereocenters. The first-order valence-electron chi connectivity index (χ1n) is 7.86. The fourth-order valence-corrected chi connectivity index (χ4v) is 2.78. The molecule has 1 amide bonds. The second kappa shape index (κ2) is 6.56. The van der Waals surface area contributed by atoms with E-state index in [0.29, 0.717) is 6.61 Å². The molecule has 1 aromatic heterocycles. The molecular weight excluding hydrogens is 268 g/mol. The van der Waals surface area contributed by atoms with E-state index >= 15 is 0 Å². The van der Waals surface area contributed by atoms with Crippen LogP contribution in [0.15, 0.2) is 0 Å². The summed E-state index contributed by atoms with van der Waals surface area (Å²) in [5, 5.41) is 9.86. The third-order valence-corrected chi connectivity index (χ3v) is 4.37. The number of ether oxygens (including phenoxy) is 1. The highest BCUT2D eigenvalue weighted by Gasteiger charge is 2.35. The van der Waals surface area contributed by atoms with Crippen LogP contribution in [0.5, 0.6) is 0 Å². The molecular formula is C15H26N4O2. The van der Waals surface area contributed by atoms with Crippen LogP contribution in [-0.4, -0.2) is 39.3 Å². The molecule has 0 spiro atoms. The standard InChI is InChI=1S/C15H26N4O2/c1-5-15(6-2)9-11(7-8-21-15)16-14(20)13-17-12(10(3)4)18-19-13/h10-11H,5-9H2,1-4H3,(H,16,20)(H,17,18,19). The van der Waals surface area contributed by atoms with E-state index in [-0.39, 0.29) is 29.3 Å². The zero-order valence-corrected chi connectivity index (χ0v) is 13.4. The Balaban J connectivity index is 1.98. The number of H-pyrrole nitrogens is 1. The smallest absolute Gasteiger partial charge is 0.291 e. The van der Waals surface area contributed by atoms with Gasteiger partial charge in [0.15, 0.2) is 0 Å². The molecule has 1 aromatic rings. The first-order valence-corrected chi connectivity index (χ1v) is 7.86. The molecule has 2 rings (SSSR count). The highest BCUT2D eigenvalue weighted by Crippen LogP contribution is 2.31. The first-order chi connectivity index (χ1) is 9.99. The van der Waals surface area contributed by atoms with Crippen LogP contribution >= 0.6 is 0 Å². The van der Waals surface area contributed by atoms with Crippen LogP contribution in [0, 0.1) is 0 Å². The van der Waals surface area contributed by atoms with Gasteiger partial charge in [-0.25, -0.2) is 4.98 Å². The van der Waals surface area contributed by atoms with Crippen LogP contribution in [0.25, 0.3) is 0 Å². The zero-order chi connectivity index (χ0) is 15.5. The summed E-state index contributed by atoms with van der Waals surface area (Å²) in [6.07, 6.45) is 3.63. The van der Waals surface area contributed by atoms with Crippen molar-refractivity contribution in [3.63, 3.8) is 0 Å². The van der Waals surface area contributed by atoms with E-state index in [4.69, 9.17) is 4.74 Å². The lowest BCUT2D eigenvalue weighted by Crippen LogP contribution is -2.48. The summed E-state index contributed by atoms with van der Waals surface area (Å²) < 4.78 is 5.93. The molecule has 1 aliphatic rings. The summed E-state index contributed by atoms with van der Waals surface area (Å²) in [7, 11) is 0. The number of aromatic nitrogens is 3. The van der Waals surface area contributed by atoms with Gasteiger partial charge in [-0.15, -0.1) is 5.10 Å². The fraction of sp³-hybridized carbons (Fsp3) is 0.800. The number of aromatic amines is 1. The number of carbonyl (C=O) groups is 1. The topological polar surface area (TPSA) is 79.9 Å². The molecule has 1 aliphatic heterocycles. The van der Waals surface area contributed by atoms with Crippen LogP contribution in [-0.2, 0) is 4.74 Å². The van der Waals surface area contributed by atoms with Gasteiger partial charge in [0.05, 0.1) is 5.60 Å². The van der Waals surface area contributed by atoms with Gasteiger partial charge >= 0.3 is 0 Å². The number of amides is 1. The van der Waals surface area contributed by atoms with Crippen molar-refractivity contribution in [2.75, 3.05) is 6.61 Å². The van der Waals surface area contributed by atoms with E-state index in [1.54, 1.807) is 0 Å². The Hall–Kier alpha value is -1.43. The van der Waals surface area contributed by atoms with E-state index in [2.05, 4.69) is 34.3 Å². The van der Waals surface area contributed by atoms with Gasteiger partial charge in [-0.05, 0) is 25.7 Å². The van der Waals surface area contributed by atoms with Crippen molar-refractivity contribution in [3.8, 4) is 0 Å². The van der Waals surface area contributed by atoms with Gasteiger partial charge < -0.3 is 10.1 Å². The van der Waals surface area contributed by atoms with Gasteiger partial charge in [-0.3, -0.25) is 9.89 Å². The van der Waals surface area contributed by atoms with Gasteiger partial charge in [-0.1, -0.05) is 27.7 Å². The maximum absolute atomic E-state index is 12.2. The minimum absolute atomic E-state index is 0.0989. The van der Waals surface area contributed by atoms with Crippen molar-refractivity contribution in [2.45, 2.75) is 70.9 Å². The fourth-order valence-electron chi connectivity index (χ4n) is 2.78. The second-order valence-corrected chi connectivity index (χ2v) is 6.10. The third-order valence-electron chi connectivity index (χ3n) is 4.37. The average molecular weight is 294 g/mol. The molecule has 0 saturated carbocycles. The monoisotopic (exact) mass is 294 g/mol. The number of nitrogens with zero attached hydrogens (tertiary/aromatic N) is 2. The van der Waals surface area contributed by atoms with Crippen LogP contribution in [0.4, 0.5) is 0 Å². The van der Waals surface area contributed by atoms with Crippen LogP contribution < -0.4 is 5.32 Å². The Morgan fingerprint density at radius 2 is 2.19 bits per heavy atom. The molecule has 2 heterocycles. The molecule has 2 N–H and O–H groups in total. The molecule has 1 saturated heterocycles. The highest BCUT2D eigenvalue weighted by molar-refractivity contribution is 5.90. The average Bonchev–Trinajstić information content (AvgIpc) is 2.97. The molecule has 1 atom stereocenters. The maximum atomic E-state index is 12.2. The Morgan fingerprint density at radius 3 is 2.76 bits per heavy atom. The highest BCUT2D eigenvalue weighted by atomic mass is 16.5. The van der Waals surface area contributed by atoms with Gasteiger partial charge in [0.25, 0.3) is 5.91 Å². The van der Waals surface area contributed by atoms with E-state index in [0.717, 1.165) is 31.5 Å². The zero-order valence-electron chi connectivity index (χ0n) is 13.4. The molecule has 0 radical (unpaired) electrons. The Kier molecular flexibility index (Phi) is 4.98. The minimum atomic E-state index is -0.203. The molecule has 6 heteroatoms. The summed E-state index contributed by atoms with van der Waals surface area (Å²) in [4.78, 5) is 16.5.